The molecular formula is C60H63N7O12. The average molecular weight is 1070 g/mol. The van der Waals surface area contributed by atoms with Crippen LogP contribution in [0.25, 0.3) is 0 Å². The van der Waals surface area contributed by atoms with Gasteiger partial charge in [-0.3, -0.25) is 38.3 Å². The van der Waals surface area contributed by atoms with Gasteiger partial charge in [0.25, 0.3) is 5.56 Å². The number of anilines is 2. The minimum atomic E-state index is -1.19. The van der Waals surface area contributed by atoms with Gasteiger partial charge in [-0.2, -0.15) is 0 Å². The molecule has 8 rings (SSSR count). The van der Waals surface area contributed by atoms with Gasteiger partial charge in [0, 0.05) is 81.1 Å². The van der Waals surface area contributed by atoms with E-state index in [-0.39, 0.29) is 92.3 Å². The minimum Gasteiger partial charge on any atom is -0.497 e. The van der Waals surface area contributed by atoms with Crippen LogP contribution in [0.3, 0.4) is 0 Å². The second-order valence-corrected chi connectivity index (χ2v) is 18.8. The maximum absolute atomic E-state index is 13.5. The Morgan fingerprint density at radius 1 is 0.684 bits per heavy atom. The number of rotatable bonds is 24. The number of ketones is 2. The standard InChI is InChI=1S/C60H63N7O12/c1-61-46-27-28-47(55-54(46)56(72)44-16-9-10-17-45(44)57(55)73)62-33-34-65-52(71)30-29-51(70)63-31-11-5-8-18-50(69)64-32-12-13-38-36-67(59(75)66-58(38)74)53-35-48(68)49(79-53)37-78-60(39-14-6-4-7-15-39,40-19-23-42(76-2)24-20-40)41-21-25-43(77-3)26-22-41/h4,6-7,9-10,14-17,19-28,36,48-49,53,61-62,68H,5,8,11,18,29-35,37H2,1-3H3,(H,63,70)(H,64,69)(H,65,71)(H,66,74,75)/t48-,49+,53+/m0/s1. The van der Waals surface area contributed by atoms with E-state index in [1.54, 1.807) is 57.7 Å². The van der Waals surface area contributed by atoms with Crippen LogP contribution in [0, 0.1) is 11.8 Å². The number of fused-ring (bicyclic) bond motifs is 2. The van der Waals surface area contributed by atoms with Gasteiger partial charge in [-0.25, -0.2) is 4.79 Å². The molecule has 5 aromatic carbocycles. The van der Waals surface area contributed by atoms with Gasteiger partial charge in [-0.1, -0.05) is 97.1 Å². The van der Waals surface area contributed by atoms with Crippen molar-refractivity contribution in [2.24, 2.45) is 0 Å². The van der Waals surface area contributed by atoms with Crippen LogP contribution in [0.15, 0.2) is 131 Å². The molecule has 410 valence electrons. The quantitative estimate of drug-likeness (QED) is 0.0234. The first kappa shape index (κ1) is 56.4. The molecule has 7 N–H and O–H groups in total. The lowest BCUT2D eigenvalue weighted by atomic mass is 9.80. The fourth-order valence-corrected chi connectivity index (χ4v) is 9.67. The molecule has 1 aromatic heterocycles. The number of hydrogen-bond donors (Lipinski definition) is 7. The number of hydrogen-bond acceptors (Lipinski definition) is 14. The van der Waals surface area contributed by atoms with E-state index in [4.69, 9.17) is 18.9 Å². The van der Waals surface area contributed by atoms with Crippen LogP contribution in [0.5, 0.6) is 11.5 Å². The van der Waals surface area contributed by atoms with Gasteiger partial charge in [0.1, 0.15) is 35.0 Å². The maximum atomic E-state index is 13.5. The molecule has 1 aliphatic heterocycles. The molecule has 0 bridgehead atoms. The first-order chi connectivity index (χ1) is 38.3. The number of carbonyl (C=O) groups excluding carboxylic acids is 5. The zero-order chi connectivity index (χ0) is 55.9. The lowest BCUT2D eigenvalue weighted by molar-refractivity contribution is -0.126. The molecule has 19 heteroatoms. The van der Waals surface area contributed by atoms with E-state index in [1.807, 2.05) is 78.9 Å². The van der Waals surface area contributed by atoms with Gasteiger partial charge in [0.2, 0.25) is 17.7 Å². The summed E-state index contributed by atoms with van der Waals surface area (Å²) in [6.07, 6.45) is 0.399. The Bertz CT molecular complexity index is 3300. The molecule has 1 fully saturated rings. The van der Waals surface area contributed by atoms with E-state index in [1.165, 1.54) is 10.8 Å². The van der Waals surface area contributed by atoms with Gasteiger partial charge < -0.3 is 50.6 Å². The molecule has 19 nitrogen and oxygen atoms in total. The normalized spacial score (nSPS) is 15.4. The number of nitrogens with zero attached hydrogens (tertiary/aromatic N) is 1. The van der Waals surface area contributed by atoms with Crippen molar-refractivity contribution in [2.45, 2.75) is 69.0 Å². The van der Waals surface area contributed by atoms with Crippen molar-refractivity contribution in [1.29, 1.82) is 0 Å². The number of nitrogens with one attached hydrogen (secondary N) is 6. The molecule has 1 saturated heterocycles. The van der Waals surface area contributed by atoms with E-state index < -0.39 is 35.3 Å². The van der Waals surface area contributed by atoms with E-state index in [2.05, 4.69) is 43.4 Å². The van der Waals surface area contributed by atoms with Gasteiger partial charge in [-0.15, -0.1) is 0 Å². The summed E-state index contributed by atoms with van der Waals surface area (Å²) in [4.78, 5) is 92.6. The van der Waals surface area contributed by atoms with Crippen LogP contribution in [0.2, 0.25) is 0 Å². The molecule has 0 unspecified atom stereocenters. The van der Waals surface area contributed by atoms with E-state index in [0.717, 1.165) is 16.7 Å². The van der Waals surface area contributed by atoms with Gasteiger partial charge >= 0.3 is 5.69 Å². The first-order valence-electron chi connectivity index (χ1n) is 26.1. The van der Waals surface area contributed by atoms with Gasteiger partial charge in [-0.05, 0) is 65.9 Å². The largest absolute Gasteiger partial charge is 0.497 e. The number of H-pyrrole nitrogens is 1. The van der Waals surface area contributed by atoms with Gasteiger partial charge in [0.15, 0.2) is 11.6 Å². The Balaban J connectivity index is 0.745. The second kappa shape index (κ2) is 26.5. The summed E-state index contributed by atoms with van der Waals surface area (Å²) in [5.74, 6) is 5.46. The summed E-state index contributed by atoms with van der Waals surface area (Å²) in [5, 5.41) is 25.8. The summed E-state index contributed by atoms with van der Waals surface area (Å²) in [5.41, 5.74) is 1.99. The fraction of sp³-hybridized carbons (Fsp3) is 0.317. The number of aromatic nitrogens is 2. The van der Waals surface area contributed by atoms with Crippen molar-refractivity contribution in [1.82, 2.24) is 25.5 Å². The minimum absolute atomic E-state index is 0.00653. The highest BCUT2D eigenvalue weighted by Gasteiger charge is 2.42. The van der Waals surface area contributed by atoms with Crippen LogP contribution in [-0.2, 0) is 29.5 Å². The number of ether oxygens (including phenoxy) is 4. The Hall–Kier alpha value is -8.83. The summed E-state index contributed by atoms with van der Waals surface area (Å²) in [6, 6.07) is 34.9. The van der Waals surface area contributed by atoms with Crippen LogP contribution in [-0.4, -0.2) is 110 Å². The third-order valence-corrected chi connectivity index (χ3v) is 13.8. The lowest BCUT2D eigenvalue weighted by Crippen LogP contribution is -2.38. The van der Waals surface area contributed by atoms with Crippen LogP contribution in [0.4, 0.5) is 11.4 Å². The predicted molar refractivity (Wildman–Crippen MR) is 296 cm³/mol. The summed E-state index contributed by atoms with van der Waals surface area (Å²) < 4.78 is 25.3. The third-order valence-electron chi connectivity index (χ3n) is 13.8. The number of benzene rings is 5. The summed E-state index contributed by atoms with van der Waals surface area (Å²) >= 11 is 0. The average Bonchev–Trinajstić information content (AvgIpc) is 3.85. The van der Waals surface area contributed by atoms with E-state index in [0.29, 0.717) is 65.4 Å². The molecule has 0 radical (unpaired) electrons. The van der Waals surface area contributed by atoms with Crippen molar-refractivity contribution in [2.75, 3.05) is 64.7 Å². The monoisotopic (exact) mass is 1070 g/mol. The number of amides is 3. The molecular weight excluding hydrogens is 1010 g/mol. The number of aromatic amines is 1. The van der Waals surface area contributed by atoms with Crippen molar-refractivity contribution in [3.8, 4) is 23.3 Å². The molecule has 0 spiro atoms. The zero-order valence-electron chi connectivity index (χ0n) is 44.1. The topological polar surface area (TPSA) is 258 Å². The molecule has 3 amide bonds. The third kappa shape index (κ3) is 13.3. The van der Waals surface area contributed by atoms with Crippen molar-refractivity contribution in [3.05, 3.63) is 187 Å². The number of carbonyl (C=O) groups is 5. The first-order valence-corrected chi connectivity index (χ1v) is 26.1. The number of aliphatic hydroxyl groups is 1. The van der Waals surface area contributed by atoms with Crippen molar-refractivity contribution in [3.63, 3.8) is 0 Å². The molecule has 2 heterocycles. The predicted octanol–water partition coefficient (Wildman–Crippen LogP) is 5.18. The molecule has 3 atom stereocenters. The van der Waals surface area contributed by atoms with E-state index in [9.17, 15) is 38.7 Å². The lowest BCUT2D eigenvalue weighted by Gasteiger charge is -2.37. The van der Waals surface area contributed by atoms with Crippen LogP contribution in [0.1, 0.15) is 105 Å². The second-order valence-electron chi connectivity index (χ2n) is 18.8. The fourth-order valence-electron chi connectivity index (χ4n) is 9.67. The molecule has 0 saturated carbocycles. The number of unbranched alkanes of at least 4 members (excludes halogenated alkanes) is 2. The molecule has 2 aliphatic rings. The van der Waals surface area contributed by atoms with E-state index >= 15 is 0 Å². The van der Waals surface area contributed by atoms with Gasteiger partial charge in [0.05, 0.1) is 44.6 Å². The number of methoxy groups -OCH3 is 2. The summed E-state index contributed by atoms with van der Waals surface area (Å²) in [7, 11) is 4.87. The zero-order valence-corrected chi connectivity index (χ0v) is 44.1. The maximum Gasteiger partial charge on any atom is 0.330 e. The highest BCUT2D eigenvalue weighted by Crippen LogP contribution is 2.43. The van der Waals surface area contributed by atoms with Crippen molar-refractivity contribution >= 4 is 40.7 Å². The molecule has 1 aliphatic carbocycles. The Morgan fingerprint density at radius 2 is 1.25 bits per heavy atom. The Labute approximate surface area is 456 Å². The molecule has 79 heavy (non-hydrogen) atoms. The SMILES string of the molecule is CNc1ccc(NCCNC(=O)CCC(=O)NCCCCCC(=O)NCC#Cc2cn([C@H]3C[C@H](O)[C@@H](COC(c4ccccc4)(c4ccc(OC)cc4)c4ccc(OC)cc4)O3)c(=O)[nH]c2=O)c2c1C(=O)c1ccccc1C2=O. The van der Waals surface area contributed by atoms with Crippen LogP contribution < -0.4 is 47.3 Å². The highest BCUT2D eigenvalue weighted by molar-refractivity contribution is 6.31. The Kier molecular flexibility index (Phi) is 18.9. The number of aliphatic hydroxyl groups excluding tert-OH is 1. The smallest absolute Gasteiger partial charge is 0.330 e. The highest BCUT2D eigenvalue weighted by atomic mass is 16.6. The van der Waals surface area contributed by atoms with Crippen molar-refractivity contribution < 1.29 is 48.0 Å². The van der Waals surface area contributed by atoms with Crippen LogP contribution >= 0.6 is 0 Å². The summed E-state index contributed by atoms with van der Waals surface area (Å²) in [6.45, 7) is 0.712. The Morgan fingerprint density at radius 3 is 1.87 bits per heavy atom. The molecule has 6 aromatic rings.